The molecule has 4 aromatic heterocycles. The third-order valence-electron chi connectivity index (χ3n) is 15.2. The Hall–Kier alpha value is -10.4. The van der Waals surface area contributed by atoms with E-state index in [-0.39, 0.29) is 0 Å². The molecule has 368 valence electrons. The van der Waals surface area contributed by atoms with Crippen LogP contribution in [0, 0.1) is 0 Å². The summed E-state index contributed by atoms with van der Waals surface area (Å²) in [4.78, 5) is 30.3. The number of rotatable bonds is 8. The van der Waals surface area contributed by atoms with Gasteiger partial charge in [-0.25, -0.2) is 29.9 Å². The minimum atomic E-state index is -0.477. The zero-order valence-electron chi connectivity index (χ0n) is 42.6. The van der Waals surface area contributed by atoms with Crippen molar-refractivity contribution >= 4 is 43.6 Å². The summed E-state index contributed by atoms with van der Waals surface area (Å²) in [5, 5.41) is 4.48. The van der Waals surface area contributed by atoms with Gasteiger partial charge in [0.1, 0.15) is 11.5 Å². The fraction of sp³-hybridized carbons (Fsp3) is 0.0435. The van der Waals surface area contributed by atoms with Gasteiger partial charge in [-0.1, -0.05) is 202 Å². The topological polar surface area (TPSA) is 96.4 Å². The number of nitrogens with zero attached hydrogens (tertiary/aromatic N) is 8. The average Bonchev–Trinajstić information content (AvgIpc) is 4.07. The molecular formula is C69H46N8O. The monoisotopic (exact) mass is 1000 g/mol. The van der Waals surface area contributed by atoms with Gasteiger partial charge in [-0.15, -0.1) is 0 Å². The van der Waals surface area contributed by atoms with E-state index in [4.69, 9.17) is 34.6 Å². The number of hydrogen-bond acceptors (Lipinski definition) is 7. The molecule has 0 N–H and O–H groups in total. The van der Waals surface area contributed by atoms with Crippen molar-refractivity contribution in [2.75, 3.05) is 0 Å². The molecule has 9 nitrogen and oxygen atoms in total. The molecule has 0 spiro atoms. The lowest BCUT2D eigenvalue weighted by atomic mass is 9.73. The van der Waals surface area contributed by atoms with Crippen LogP contribution < -0.4 is 4.74 Å². The first-order valence-electron chi connectivity index (χ1n) is 26.2. The molecule has 78 heavy (non-hydrogen) atoms. The van der Waals surface area contributed by atoms with Crippen LogP contribution in [0.15, 0.2) is 243 Å². The van der Waals surface area contributed by atoms with Crippen molar-refractivity contribution in [1.29, 1.82) is 0 Å². The Morgan fingerprint density at radius 3 is 1.13 bits per heavy atom. The van der Waals surface area contributed by atoms with Gasteiger partial charge in [0.05, 0.1) is 27.5 Å². The predicted octanol–water partition coefficient (Wildman–Crippen LogP) is 16.7. The van der Waals surface area contributed by atoms with E-state index in [1.54, 1.807) is 0 Å². The first kappa shape index (κ1) is 45.0. The van der Waals surface area contributed by atoms with Gasteiger partial charge >= 0.3 is 0 Å². The van der Waals surface area contributed by atoms with Crippen molar-refractivity contribution in [2.45, 2.75) is 19.3 Å². The first-order chi connectivity index (χ1) is 38.4. The Kier molecular flexibility index (Phi) is 10.3. The second kappa shape index (κ2) is 17.9. The van der Waals surface area contributed by atoms with Crippen LogP contribution in [0.25, 0.3) is 123 Å². The maximum atomic E-state index is 7.36. The second-order valence-corrected chi connectivity index (χ2v) is 20.3. The largest absolute Gasteiger partial charge is 0.456 e. The van der Waals surface area contributed by atoms with Gasteiger partial charge in [0.25, 0.3) is 0 Å². The third-order valence-corrected chi connectivity index (χ3v) is 15.2. The number of para-hydroxylation sites is 2. The lowest BCUT2D eigenvalue weighted by Gasteiger charge is -2.35. The molecule has 1 aliphatic rings. The van der Waals surface area contributed by atoms with Crippen molar-refractivity contribution in [2.24, 2.45) is 0 Å². The average molecular weight is 1000 g/mol. The van der Waals surface area contributed by atoms with Gasteiger partial charge in [0, 0.05) is 77.5 Å². The Bertz CT molecular complexity index is 4550. The van der Waals surface area contributed by atoms with Gasteiger partial charge in [-0.3, -0.25) is 0 Å². The van der Waals surface area contributed by atoms with Crippen LogP contribution in [0.2, 0.25) is 0 Å². The van der Waals surface area contributed by atoms with Crippen molar-refractivity contribution < 1.29 is 4.74 Å². The number of ether oxygens (including phenoxy) is 1. The van der Waals surface area contributed by atoms with E-state index in [1.807, 2.05) is 121 Å². The van der Waals surface area contributed by atoms with Crippen LogP contribution in [-0.4, -0.2) is 39.0 Å². The first-order valence-corrected chi connectivity index (χ1v) is 26.2. The molecule has 0 bridgehead atoms. The van der Waals surface area contributed by atoms with Crippen molar-refractivity contribution in [3.8, 4) is 91.2 Å². The quantitative estimate of drug-likeness (QED) is 0.150. The zero-order valence-corrected chi connectivity index (χ0v) is 42.6. The van der Waals surface area contributed by atoms with Gasteiger partial charge in [-0.2, -0.15) is 0 Å². The fourth-order valence-corrected chi connectivity index (χ4v) is 11.6. The molecule has 0 fully saturated rings. The summed E-state index contributed by atoms with van der Waals surface area (Å²) in [6, 6.07) is 83.7. The highest BCUT2D eigenvalue weighted by Gasteiger charge is 2.39. The smallest absolute Gasteiger partial charge is 0.164 e. The van der Waals surface area contributed by atoms with Crippen LogP contribution in [-0.2, 0) is 5.41 Å². The van der Waals surface area contributed by atoms with E-state index < -0.39 is 5.41 Å². The minimum absolute atomic E-state index is 0.477. The van der Waals surface area contributed by atoms with E-state index in [9.17, 15) is 0 Å². The maximum absolute atomic E-state index is 7.36. The van der Waals surface area contributed by atoms with Crippen LogP contribution in [0.1, 0.15) is 25.0 Å². The molecule has 0 saturated heterocycles. The molecule has 0 aliphatic carbocycles. The highest BCUT2D eigenvalue weighted by molar-refractivity contribution is 6.15. The molecule has 10 aromatic carbocycles. The van der Waals surface area contributed by atoms with Crippen molar-refractivity contribution in [1.82, 2.24) is 39.0 Å². The number of fused-ring (bicyclic) bond motifs is 10. The molecule has 9 heteroatoms. The summed E-state index contributed by atoms with van der Waals surface area (Å²) in [7, 11) is 0. The second-order valence-electron chi connectivity index (χ2n) is 20.3. The van der Waals surface area contributed by atoms with Crippen LogP contribution in [0.5, 0.6) is 11.5 Å². The van der Waals surface area contributed by atoms with Gasteiger partial charge in [0.15, 0.2) is 34.9 Å². The molecule has 0 atom stereocenters. The number of hydrogen-bond donors (Lipinski definition) is 0. The minimum Gasteiger partial charge on any atom is -0.456 e. The summed E-state index contributed by atoms with van der Waals surface area (Å²) in [5.74, 6) is 5.40. The summed E-state index contributed by atoms with van der Waals surface area (Å²) in [5.41, 5.74) is 13.5. The molecule has 14 aromatic rings. The highest BCUT2D eigenvalue weighted by Crippen LogP contribution is 2.56. The molecule has 0 radical (unpaired) electrons. The molecule has 0 unspecified atom stereocenters. The van der Waals surface area contributed by atoms with E-state index in [2.05, 4.69) is 144 Å². The van der Waals surface area contributed by atoms with Crippen molar-refractivity contribution in [3.05, 3.63) is 254 Å². The molecule has 0 saturated carbocycles. The maximum Gasteiger partial charge on any atom is 0.164 e. The Balaban J connectivity index is 0.858. The standard InChI is InChI=1S/C69H46N8O/c1-69(2)53-37-38-57-60(52-34-16-18-36-55(52)77(57)50-32-20-30-48(42-50)68-74-65(45-25-11-5-12-26-45)71-66(75-68)46-27-13-6-14-28-46)62(53)78-58-40-39-56-59(61(58)69)51-33-15-17-35-54(51)76(56)49-31-19-29-47(41-49)67-72-63(43-21-7-3-8-22-43)70-64(73-67)44-23-9-4-10-24-44/h3-42H,1-2H3. The fourth-order valence-electron chi connectivity index (χ4n) is 11.6. The van der Waals surface area contributed by atoms with Gasteiger partial charge in [-0.05, 0) is 54.6 Å². The molecular weight excluding hydrogens is 957 g/mol. The normalized spacial score (nSPS) is 12.7. The van der Waals surface area contributed by atoms with Crippen molar-refractivity contribution in [3.63, 3.8) is 0 Å². The lowest BCUT2D eigenvalue weighted by Crippen LogP contribution is -2.24. The molecule has 5 heterocycles. The summed E-state index contributed by atoms with van der Waals surface area (Å²) in [6.07, 6.45) is 0. The van der Waals surface area contributed by atoms with E-state index in [0.717, 1.165) is 111 Å². The van der Waals surface area contributed by atoms with Crippen LogP contribution in [0.3, 0.4) is 0 Å². The van der Waals surface area contributed by atoms with E-state index in [0.29, 0.717) is 34.9 Å². The molecule has 1 aliphatic heterocycles. The van der Waals surface area contributed by atoms with Gasteiger partial charge < -0.3 is 13.9 Å². The third kappa shape index (κ3) is 7.31. The summed E-state index contributed by atoms with van der Waals surface area (Å²) in [6.45, 7) is 4.68. The lowest BCUT2D eigenvalue weighted by molar-refractivity contribution is 0.426. The molecule has 15 rings (SSSR count). The van der Waals surface area contributed by atoms with Gasteiger partial charge in [0.2, 0.25) is 0 Å². The van der Waals surface area contributed by atoms with Crippen LogP contribution in [0.4, 0.5) is 0 Å². The number of aromatic nitrogens is 8. The highest BCUT2D eigenvalue weighted by atomic mass is 16.5. The molecule has 0 amide bonds. The Labute approximate surface area is 449 Å². The summed E-state index contributed by atoms with van der Waals surface area (Å²) < 4.78 is 12.1. The van der Waals surface area contributed by atoms with E-state index >= 15 is 0 Å². The summed E-state index contributed by atoms with van der Waals surface area (Å²) >= 11 is 0. The predicted molar refractivity (Wildman–Crippen MR) is 313 cm³/mol. The Morgan fingerprint density at radius 2 is 0.679 bits per heavy atom. The SMILES string of the molecule is CC1(C)c2ccc3c(c2Oc2ccc4c(c21)c1ccccc1n4-c1cccc(-c2nc(-c4ccccc4)nc(-c4ccccc4)n2)c1)c1ccccc1n3-c1cccc(-c2nc(-c3ccccc3)nc(-c3ccccc3)n2)c1. The Morgan fingerprint density at radius 1 is 0.321 bits per heavy atom. The van der Waals surface area contributed by atoms with Crippen LogP contribution >= 0.6 is 0 Å². The number of benzene rings is 10. The van der Waals surface area contributed by atoms with E-state index in [1.165, 1.54) is 0 Å². The zero-order chi connectivity index (χ0) is 51.9.